The van der Waals surface area contributed by atoms with Crippen LogP contribution in [0.4, 0.5) is 0 Å². The van der Waals surface area contributed by atoms with Crippen molar-refractivity contribution in [2.75, 3.05) is 0 Å². The number of aromatic nitrogens is 12. The Morgan fingerprint density at radius 2 is 0.490 bits per heavy atom. The van der Waals surface area contributed by atoms with Crippen molar-refractivity contribution >= 4 is 17.9 Å². The lowest BCUT2D eigenvalue weighted by atomic mass is 9.92. The van der Waals surface area contributed by atoms with Gasteiger partial charge in [0.1, 0.15) is 0 Å². The zero-order valence-corrected chi connectivity index (χ0v) is 25.6. The molecule has 0 atom stereocenters. The smallest absolute Gasteiger partial charge is 0.377 e. The van der Waals surface area contributed by atoms with E-state index in [1.807, 2.05) is 54.6 Å². The van der Waals surface area contributed by atoms with E-state index in [1.165, 1.54) is 0 Å². The van der Waals surface area contributed by atoms with Gasteiger partial charge in [-0.25, -0.2) is 14.4 Å². The molecule has 0 aliphatic rings. The minimum atomic E-state index is -1.33. The second-order valence-electron chi connectivity index (χ2n) is 10.6. The van der Waals surface area contributed by atoms with E-state index in [2.05, 4.69) is 61.2 Å². The van der Waals surface area contributed by atoms with E-state index >= 15 is 0 Å². The zero-order valence-electron chi connectivity index (χ0n) is 25.6. The SMILES string of the molecule is O=C(O)c1nnc(-c2ccc(-c3cc(-c4ccc(-c5nnc(C(=O)O)nn5)cc4)cc(-c4ccc(-c5nnc(C(=O)O)nn5)cc4)c3)cc2)nn1. The van der Waals surface area contributed by atoms with E-state index < -0.39 is 35.4 Å². The summed E-state index contributed by atoms with van der Waals surface area (Å²) in [5.74, 6) is -5.00. The number of benzene rings is 4. The number of rotatable bonds is 9. The van der Waals surface area contributed by atoms with Crippen molar-refractivity contribution < 1.29 is 29.7 Å². The van der Waals surface area contributed by atoms with Gasteiger partial charge in [0.05, 0.1) is 0 Å². The lowest BCUT2D eigenvalue weighted by Crippen LogP contribution is -2.08. The van der Waals surface area contributed by atoms with Crippen molar-refractivity contribution in [1.82, 2.24) is 61.2 Å². The van der Waals surface area contributed by atoms with Gasteiger partial charge in [0, 0.05) is 16.7 Å². The zero-order chi connectivity index (χ0) is 35.5. The van der Waals surface area contributed by atoms with Crippen molar-refractivity contribution in [3.05, 3.63) is 108 Å². The molecule has 0 bridgehead atoms. The van der Waals surface area contributed by atoms with Crippen molar-refractivity contribution in [2.24, 2.45) is 0 Å². The summed E-state index contributed by atoms with van der Waals surface area (Å²) >= 11 is 0. The second-order valence-corrected chi connectivity index (χ2v) is 10.6. The quantitative estimate of drug-likeness (QED) is 0.197. The maximum absolute atomic E-state index is 11.1. The molecule has 246 valence electrons. The Morgan fingerprint density at radius 1 is 0.294 bits per heavy atom. The fourth-order valence-corrected chi connectivity index (χ4v) is 4.85. The third-order valence-corrected chi connectivity index (χ3v) is 7.37. The highest BCUT2D eigenvalue weighted by molar-refractivity contribution is 5.85. The Hall–Kier alpha value is -7.89. The third kappa shape index (κ3) is 6.76. The predicted octanol–water partition coefficient (Wildman–Crippen LogP) is 3.52. The highest BCUT2D eigenvalue weighted by atomic mass is 16.4. The average Bonchev–Trinajstić information content (AvgIpc) is 3.18. The second kappa shape index (κ2) is 13.3. The van der Waals surface area contributed by atoms with Crippen LogP contribution in [0.5, 0.6) is 0 Å². The molecule has 0 radical (unpaired) electrons. The van der Waals surface area contributed by atoms with Crippen LogP contribution < -0.4 is 0 Å². The fourth-order valence-electron chi connectivity index (χ4n) is 4.85. The topological polar surface area (TPSA) is 267 Å². The van der Waals surface area contributed by atoms with Crippen LogP contribution >= 0.6 is 0 Å². The standard InChI is InChI=1S/C33H18N12O6/c46-31(47)28-40-34-25(35-41-28)19-7-1-16(2-8-19)22-13-23(17-3-9-20(10-4-17)26-36-42-29(32(48)49)43-37-26)15-24(14-22)18-5-11-21(12-6-18)27-38-44-30(33(50)51)45-39-27/h1-15H,(H,46,47)(H,48,49)(H,50,51). The summed E-state index contributed by atoms with van der Waals surface area (Å²) in [5, 5.41) is 71.9. The highest BCUT2D eigenvalue weighted by Gasteiger charge is 2.15. The van der Waals surface area contributed by atoms with Crippen LogP contribution in [-0.4, -0.2) is 94.4 Å². The molecule has 0 amide bonds. The lowest BCUT2D eigenvalue weighted by molar-refractivity contribution is 0.0669. The largest absolute Gasteiger partial charge is 0.475 e. The van der Waals surface area contributed by atoms with Crippen LogP contribution in [0, 0.1) is 0 Å². The molecule has 0 aliphatic carbocycles. The molecule has 18 nitrogen and oxygen atoms in total. The van der Waals surface area contributed by atoms with E-state index in [9.17, 15) is 14.4 Å². The van der Waals surface area contributed by atoms with Gasteiger partial charge in [0.2, 0.25) is 17.5 Å². The number of nitrogens with zero attached hydrogens (tertiary/aromatic N) is 12. The Labute approximate surface area is 284 Å². The van der Waals surface area contributed by atoms with Gasteiger partial charge in [-0.15, -0.1) is 61.2 Å². The van der Waals surface area contributed by atoms with Gasteiger partial charge >= 0.3 is 17.9 Å². The van der Waals surface area contributed by atoms with Crippen molar-refractivity contribution in [2.45, 2.75) is 0 Å². The molecule has 51 heavy (non-hydrogen) atoms. The molecule has 0 unspecified atom stereocenters. The van der Waals surface area contributed by atoms with E-state index in [-0.39, 0.29) is 17.5 Å². The summed E-state index contributed by atoms with van der Waals surface area (Å²) in [4.78, 5) is 33.2. The Balaban J connectivity index is 1.24. The van der Waals surface area contributed by atoms with Crippen molar-refractivity contribution in [3.8, 4) is 67.5 Å². The first-order valence-corrected chi connectivity index (χ1v) is 14.6. The molecule has 4 aromatic carbocycles. The van der Waals surface area contributed by atoms with Gasteiger partial charge in [0.25, 0.3) is 17.5 Å². The van der Waals surface area contributed by atoms with Crippen LogP contribution in [0.25, 0.3) is 67.5 Å². The highest BCUT2D eigenvalue weighted by Crippen LogP contribution is 2.34. The molecule has 3 heterocycles. The third-order valence-electron chi connectivity index (χ3n) is 7.37. The number of hydrogen-bond donors (Lipinski definition) is 3. The molecule has 7 rings (SSSR count). The average molecular weight is 679 g/mol. The monoisotopic (exact) mass is 678 g/mol. The summed E-state index contributed by atoms with van der Waals surface area (Å²) < 4.78 is 0. The van der Waals surface area contributed by atoms with Gasteiger partial charge in [-0.1, -0.05) is 72.8 Å². The van der Waals surface area contributed by atoms with E-state index in [4.69, 9.17) is 15.3 Å². The van der Waals surface area contributed by atoms with Crippen LogP contribution in [0.1, 0.15) is 31.9 Å². The molecule has 0 spiro atoms. The summed E-state index contributed by atoms with van der Waals surface area (Å²) in [6, 6.07) is 27.9. The maximum atomic E-state index is 11.1. The Kier molecular flexibility index (Phi) is 8.27. The van der Waals surface area contributed by atoms with Crippen molar-refractivity contribution in [1.29, 1.82) is 0 Å². The summed E-state index contributed by atoms with van der Waals surface area (Å²) in [6.07, 6.45) is 0. The molecule has 0 saturated heterocycles. The lowest BCUT2D eigenvalue weighted by Gasteiger charge is -2.12. The minimum Gasteiger partial charge on any atom is -0.475 e. The normalized spacial score (nSPS) is 10.8. The molecule has 3 aromatic heterocycles. The number of carbonyl (C=O) groups is 3. The Bertz CT molecular complexity index is 2130. The molecule has 0 aliphatic heterocycles. The predicted molar refractivity (Wildman–Crippen MR) is 173 cm³/mol. The molecule has 0 saturated carbocycles. The van der Waals surface area contributed by atoms with Crippen LogP contribution in [0.15, 0.2) is 91.0 Å². The summed E-state index contributed by atoms with van der Waals surface area (Å²) in [5.41, 5.74) is 6.91. The fraction of sp³-hybridized carbons (Fsp3) is 0. The molecule has 18 heteroatoms. The van der Waals surface area contributed by atoms with Gasteiger partial charge in [0.15, 0.2) is 0 Å². The van der Waals surface area contributed by atoms with Gasteiger partial charge in [-0.2, -0.15) is 0 Å². The first kappa shape index (κ1) is 31.7. The maximum Gasteiger partial charge on any atom is 0.377 e. The van der Waals surface area contributed by atoms with Gasteiger partial charge < -0.3 is 15.3 Å². The van der Waals surface area contributed by atoms with Gasteiger partial charge in [-0.3, -0.25) is 0 Å². The number of carboxylic acids is 3. The van der Waals surface area contributed by atoms with E-state index in [0.717, 1.165) is 33.4 Å². The number of hydrogen-bond acceptors (Lipinski definition) is 15. The Morgan fingerprint density at radius 3 is 0.686 bits per heavy atom. The molecule has 7 aromatic rings. The first-order valence-electron chi connectivity index (χ1n) is 14.6. The summed E-state index contributed by atoms with van der Waals surface area (Å²) in [7, 11) is 0. The molecular weight excluding hydrogens is 660 g/mol. The van der Waals surface area contributed by atoms with Gasteiger partial charge in [-0.05, 0) is 51.6 Å². The van der Waals surface area contributed by atoms with Crippen LogP contribution in [0.2, 0.25) is 0 Å². The molecular formula is C33H18N12O6. The minimum absolute atomic E-state index is 0.167. The van der Waals surface area contributed by atoms with E-state index in [1.54, 1.807) is 36.4 Å². The van der Waals surface area contributed by atoms with Crippen LogP contribution in [0.3, 0.4) is 0 Å². The molecule has 3 N–H and O–H groups in total. The number of aromatic carboxylic acids is 3. The van der Waals surface area contributed by atoms with Crippen LogP contribution in [-0.2, 0) is 0 Å². The van der Waals surface area contributed by atoms with Crippen molar-refractivity contribution in [3.63, 3.8) is 0 Å². The summed E-state index contributed by atoms with van der Waals surface area (Å²) in [6.45, 7) is 0. The molecule has 0 fully saturated rings. The van der Waals surface area contributed by atoms with E-state index in [0.29, 0.717) is 16.7 Å². The number of carboxylic acid groups (broad SMARTS) is 3. The first-order chi connectivity index (χ1) is 24.7.